The zero-order valence-corrected chi connectivity index (χ0v) is 13.1. The van der Waals surface area contributed by atoms with E-state index in [0.717, 1.165) is 0 Å². The molecule has 0 aliphatic heterocycles. The Balaban J connectivity index is -0.0000000667. The van der Waals surface area contributed by atoms with Gasteiger partial charge in [-0.2, -0.15) is 0 Å². The van der Waals surface area contributed by atoms with E-state index in [1.54, 1.807) is 20.8 Å². The molecule has 0 radical (unpaired) electrons. The van der Waals surface area contributed by atoms with Crippen LogP contribution in [0.4, 0.5) is 0 Å². The van der Waals surface area contributed by atoms with Gasteiger partial charge in [0.15, 0.2) is 0 Å². The molecule has 17 heavy (non-hydrogen) atoms. The van der Waals surface area contributed by atoms with E-state index in [9.17, 15) is 0 Å². The van der Waals surface area contributed by atoms with Gasteiger partial charge >= 0.3 is 7.82 Å². The molecule has 0 aromatic carbocycles. The van der Waals surface area contributed by atoms with Gasteiger partial charge in [-0.05, 0) is 20.8 Å². The molecule has 0 atom stereocenters. The number of hydrogen-bond acceptors (Lipinski definition) is 1. The number of phosphoric acid groups is 1. The molecule has 4 nitrogen and oxygen atoms in total. The van der Waals surface area contributed by atoms with E-state index in [1.165, 1.54) is 0 Å². The highest BCUT2D eigenvalue weighted by Crippen LogP contribution is 2.25. The van der Waals surface area contributed by atoms with Crippen molar-refractivity contribution in [2.45, 2.75) is 20.8 Å². The minimum atomic E-state index is -4.64. The maximum atomic E-state index is 8.88. The van der Waals surface area contributed by atoms with E-state index in [-0.39, 0.29) is 0 Å². The summed E-state index contributed by atoms with van der Waals surface area (Å²) < 4.78 is 8.88. The monoisotopic (exact) mass is 326 g/mol. The van der Waals surface area contributed by atoms with Crippen LogP contribution in [0.15, 0.2) is 34.8 Å². The van der Waals surface area contributed by atoms with Gasteiger partial charge in [-0.1, -0.05) is 54.5 Å². The topological polar surface area (TPSA) is 77.8 Å². The molecule has 0 spiro atoms. The van der Waals surface area contributed by atoms with Crippen LogP contribution in [0.5, 0.6) is 0 Å². The second kappa shape index (κ2) is 16.2. The van der Waals surface area contributed by atoms with Crippen molar-refractivity contribution in [2.24, 2.45) is 0 Å². The fraction of sp³-hybridized carbons (Fsp3) is 0.333. The SMILES string of the molecule is C=C(C)Cl.C=C(C)Cl.C=C(C)Cl.O=P(O)(O)O. The molecule has 0 amide bonds. The van der Waals surface area contributed by atoms with E-state index in [0.29, 0.717) is 15.1 Å². The van der Waals surface area contributed by atoms with Crippen molar-refractivity contribution < 1.29 is 19.2 Å². The van der Waals surface area contributed by atoms with Crippen LogP contribution < -0.4 is 0 Å². The van der Waals surface area contributed by atoms with Gasteiger partial charge in [0, 0.05) is 15.1 Å². The third-order valence-electron chi connectivity index (χ3n) is 0. The van der Waals surface area contributed by atoms with Crippen LogP contribution in [-0.2, 0) is 4.57 Å². The lowest BCUT2D eigenvalue weighted by Gasteiger charge is -1.82. The van der Waals surface area contributed by atoms with Crippen molar-refractivity contribution in [3.05, 3.63) is 34.8 Å². The standard InChI is InChI=1S/3C3H5Cl.H3O4P/c3*1-3(2)4;1-5(2,3)4/h3*1H2,2H3;(H3,1,2,3,4). The highest BCUT2D eigenvalue weighted by Gasteiger charge is 2.00. The van der Waals surface area contributed by atoms with Crippen LogP contribution in [0.25, 0.3) is 0 Å². The molecule has 104 valence electrons. The highest BCUT2D eigenvalue weighted by atomic mass is 35.5. The minimum absolute atomic E-state index is 0.639. The second-order valence-corrected chi connectivity index (χ2v) is 5.50. The van der Waals surface area contributed by atoms with E-state index in [1.807, 2.05) is 0 Å². The van der Waals surface area contributed by atoms with Crippen molar-refractivity contribution in [2.75, 3.05) is 0 Å². The first-order chi connectivity index (χ1) is 7.20. The van der Waals surface area contributed by atoms with E-state index >= 15 is 0 Å². The largest absolute Gasteiger partial charge is 0.466 e. The van der Waals surface area contributed by atoms with Crippen molar-refractivity contribution in [3.63, 3.8) is 0 Å². The van der Waals surface area contributed by atoms with Crippen LogP contribution in [-0.4, -0.2) is 14.7 Å². The van der Waals surface area contributed by atoms with Crippen molar-refractivity contribution >= 4 is 42.6 Å². The van der Waals surface area contributed by atoms with Crippen molar-refractivity contribution in [1.82, 2.24) is 0 Å². The molecule has 0 saturated carbocycles. The Morgan fingerprint density at radius 1 is 0.824 bits per heavy atom. The fourth-order valence-corrected chi connectivity index (χ4v) is 0. The molecular formula is C9H18Cl3O4P. The first-order valence-corrected chi connectivity index (χ1v) is 6.61. The number of rotatable bonds is 0. The van der Waals surface area contributed by atoms with Gasteiger partial charge in [-0.3, -0.25) is 0 Å². The number of hydrogen-bond donors (Lipinski definition) is 3. The fourth-order valence-electron chi connectivity index (χ4n) is 0. The molecule has 8 heteroatoms. The summed E-state index contributed by atoms with van der Waals surface area (Å²) in [6, 6.07) is 0. The van der Waals surface area contributed by atoms with Crippen LogP contribution >= 0.6 is 42.6 Å². The summed E-state index contributed by atoms with van der Waals surface area (Å²) in [7, 11) is -4.64. The van der Waals surface area contributed by atoms with Crippen molar-refractivity contribution in [3.8, 4) is 0 Å². The van der Waals surface area contributed by atoms with Gasteiger partial charge in [-0.25, -0.2) is 4.57 Å². The van der Waals surface area contributed by atoms with Gasteiger partial charge in [-0.15, -0.1) is 0 Å². The summed E-state index contributed by atoms with van der Waals surface area (Å²) in [5.74, 6) is 0. The Bertz CT molecular complexity index is 225. The van der Waals surface area contributed by atoms with Crippen LogP contribution in [0.2, 0.25) is 0 Å². The predicted octanol–water partition coefficient (Wildman–Crippen LogP) is 4.35. The Morgan fingerprint density at radius 3 is 0.824 bits per heavy atom. The lowest BCUT2D eigenvalue weighted by molar-refractivity contribution is 0.275. The lowest BCUT2D eigenvalue weighted by atomic mass is 10.8. The first kappa shape index (κ1) is 25.9. The van der Waals surface area contributed by atoms with E-state index < -0.39 is 7.82 Å². The summed E-state index contributed by atoms with van der Waals surface area (Å²) in [6.07, 6.45) is 0. The molecule has 0 bridgehead atoms. The minimum Gasteiger partial charge on any atom is -0.303 e. The molecule has 0 heterocycles. The summed E-state index contributed by atoms with van der Waals surface area (Å²) in [6.45, 7) is 15.2. The smallest absolute Gasteiger partial charge is 0.303 e. The van der Waals surface area contributed by atoms with Gasteiger partial charge in [0.1, 0.15) is 0 Å². The Hall–Kier alpha value is 0.200. The zero-order valence-electron chi connectivity index (χ0n) is 9.95. The lowest BCUT2D eigenvalue weighted by Crippen LogP contribution is -1.66. The average molecular weight is 328 g/mol. The van der Waals surface area contributed by atoms with Crippen LogP contribution in [0.3, 0.4) is 0 Å². The van der Waals surface area contributed by atoms with Gasteiger partial charge < -0.3 is 14.7 Å². The number of allylic oxidation sites excluding steroid dienone is 3. The maximum absolute atomic E-state index is 8.88. The molecule has 0 aliphatic carbocycles. The quantitative estimate of drug-likeness (QED) is 0.578. The highest BCUT2D eigenvalue weighted by molar-refractivity contribution is 7.45. The Kier molecular flexibility index (Phi) is 24.7. The average Bonchev–Trinajstić information content (AvgIpc) is 1.73. The number of halogens is 3. The molecule has 0 aromatic rings. The van der Waals surface area contributed by atoms with Gasteiger partial charge in [0.05, 0.1) is 0 Å². The summed E-state index contributed by atoms with van der Waals surface area (Å²) in [5, 5.41) is 1.92. The van der Waals surface area contributed by atoms with Gasteiger partial charge in [0.25, 0.3) is 0 Å². The van der Waals surface area contributed by atoms with Crippen LogP contribution in [0, 0.1) is 0 Å². The van der Waals surface area contributed by atoms with Crippen LogP contribution in [0.1, 0.15) is 20.8 Å². The predicted molar refractivity (Wildman–Crippen MR) is 76.3 cm³/mol. The molecule has 0 fully saturated rings. The zero-order chi connectivity index (χ0) is 15.2. The van der Waals surface area contributed by atoms with E-state index in [4.69, 9.17) is 54.0 Å². The first-order valence-electron chi connectivity index (χ1n) is 3.91. The Labute approximate surface area is 117 Å². The van der Waals surface area contributed by atoms with E-state index in [2.05, 4.69) is 19.7 Å². The molecule has 0 aliphatic rings. The summed E-state index contributed by atoms with van der Waals surface area (Å²) >= 11 is 15.2. The third-order valence-corrected chi connectivity index (χ3v) is 0. The molecule has 0 aromatic heterocycles. The molecule has 0 unspecified atom stereocenters. The normalized spacial score (nSPS) is 8.06. The molecule has 3 N–H and O–H groups in total. The summed E-state index contributed by atoms with van der Waals surface area (Å²) in [4.78, 5) is 21.6. The third kappa shape index (κ3) is 81700. The molecule has 0 saturated heterocycles. The Morgan fingerprint density at radius 2 is 0.824 bits per heavy atom. The molecular weight excluding hydrogens is 309 g/mol. The molecule has 0 rings (SSSR count). The van der Waals surface area contributed by atoms with Crippen molar-refractivity contribution in [1.29, 1.82) is 0 Å². The maximum Gasteiger partial charge on any atom is 0.466 e. The summed E-state index contributed by atoms with van der Waals surface area (Å²) in [5.41, 5.74) is 0. The second-order valence-electron chi connectivity index (χ2n) is 2.54. The van der Waals surface area contributed by atoms with Gasteiger partial charge in [0.2, 0.25) is 0 Å².